The molecular formula is C24H28F2N4O. The maximum absolute atomic E-state index is 14.5. The maximum atomic E-state index is 14.5. The average Bonchev–Trinajstić information content (AvgIpc) is 2.74. The smallest absolute Gasteiger partial charge is 0.263 e. The highest BCUT2D eigenvalue weighted by Gasteiger charge is 2.45. The van der Waals surface area contributed by atoms with E-state index in [1.165, 1.54) is 0 Å². The van der Waals surface area contributed by atoms with Crippen molar-refractivity contribution in [2.45, 2.75) is 38.0 Å². The molecule has 2 aliphatic heterocycles. The molecule has 4 rings (SSSR count). The second-order valence-corrected chi connectivity index (χ2v) is 9.24. The largest absolute Gasteiger partial charge is 0.342 e. The van der Waals surface area contributed by atoms with E-state index in [0.717, 1.165) is 17.4 Å². The molecule has 7 heteroatoms. The van der Waals surface area contributed by atoms with E-state index in [4.69, 9.17) is 0 Å². The number of likely N-dealkylation sites (tertiary alicyclic amines) is 2. The van der Waals surface area contributed by atoms with E-state index >= 15 is 0 Å². The number of nitriles is 1. The van der Waals surface area contributed by atoms with E-state index in [-0.39, 0.29) is 30.7 Å². The third-order valence-electron chi connectivity index (χ3n) is 6.73. The lowest BCUT2D eigenvalue weighted by atomic mass is 9.82. The number of alkyl halides is 2. The lowest BCUT2D eigenvalue weighted by Crippen LogP contribution is -2.49. The first-order valence-corrected chi connectivity index (χ1v) is 10.9. The van der Waals surface area contributed by atoms with Crippen LogP contribution in [0.4, 0.5) is 8.78 Å². The molecule has 0 radical (unpaired) electrons. The predicted octanol–water partition coefficient (Wildman–Crippen LogP) is 4.04. The molecule has 0 saturated carbocycles. The summed E-state index contributed by atoms with van der Waals surface area (Å²) in [6, 6.07) is 9.75. The van der Waals surface area contributed by atoms with Gasteiger partial charge in [-0.15, -0.1) is 0 Å². The van der Waals surface area contributed by atoms with Crippen LogP contribution in [0.1, 0.15) is 43.2 Å². The summed E-state index contributed by atoms with van der Waals surface area (Å²) in [6.07, 6.45) is 2.82. The number of halogens is 2. The molecule has 5 nitrogen and oxygen atoms in total. The molecule has 0 aliphatic carbocycles. The van der Waals surface area contributed by atoms with Gasteiger partial charge >= 0.3 is 0 Å². The first-order chi connectivity index (χ1) is 14.8. The van der Waals surface area contributed by atoms with Gasteiger partial charge in [-0.25, -0.2) is 8.78 Å². The highest BCUT2D eigenvalue weighted by Crippen LogP contribution is 2.38. The van der Waals surface area contributed by atoms with Gasteiger partial charge in [0, 0.05) is 42.9 Å². The summed E-state index contributed by atoms with van der Waals surface area (Å²) in [5.41, 5.74) is 2.27. The molecule has 3 heterocycles. The highest BCUT2D eigenvalue weighted by atomic mass is 19.3. The topological polar surface area (TPSA) is 60.2 Å². The lowest BCUT2D eigenvalue weighted by molar-refractivity contribution is -0.145. The van der Waals surface area contributed by atoms with Gasteiger partial charge in [0.2, 0.25) is 5.91 Å². The first-order valence-electron chi connectivity index (χ1n) is 10.9. The fraction of sp³-hybridized carbons (Fsp3) is 0.542. The third kappa shape index (κ3) is 4.40. The number of piperidine rings is 2. The van der Waals surface area contributed by atoms with Crippen LogP contribution in [-0.2, 0) is 4.79 Å². The van der Waals surface area contributed by atoms with Gasteiger partial charge in [0.05, 0.1) is 17.6 Å². The Kier molecular flexibility index (Phi) is 5.94. The fourth-order valence-electron chi connectivity index (χ4n) is 5.17. The second-order valence-electron chi connectivity index (χ2n) is 9.24. The molecule has 0 bridgehead atoms. The highest BCUT2D eigenvalue weighted by molar-refractivity contribution is 5.87. The van der Waals surface area contributed by atoms with Gasteiger partial charge < -0.3 is 9.80 Å². The summed E-state index contributed by atoms with van der Waals surface area (Å²) in [7, 11) is 1.69. The Morgan fingerprint density at radius 3 is 2.87 bits per heavy atom. The predicted molar refractivity (Wildman–Crippen MR) is 115 cm³/mol. The van der Waals surface area contributed by atoms with Crippen molar-refractivity contribution in [3.63, 3.8) is 0 Å². The van der Waals surface area contributed by atoms with Gasteiger partial charge in [0.15, 0.2) is 0 Å². The number of aromatic nitrogens is 1. The van der Waals surface area contributed by atoms with Crippen LogP contribution < -0.4 is 0 Å². The van der Waals surface area contributed by atoms with Crippen molar-refractivity contribution >= 4 is 16.8 Å². The Morgan fingerprint density at radius 2 is 2.13 bits per heavy atom. The molecule has 1 aromatic heterocycles. The van der Waals surface area contributed by atoms with Crippen LogP contribution in [0.3, 0.4) is 0 Å². The van der Waals surface area contributed by atoms with Gasteiger partial charge in [0.25, 0.3) is 5.92 Å². The number of rotatable bonds is 3. The van der Waals surface area contributed by atoms with Crippen molar-refractivity contribution in [1.29, 1.82) is 5.26 Å². The Hall–Kier alpha value is -2.59. The molecule has 2 fully saturated rings. The van der Waals surface area contributed by atoms with Crippen molar-refractivity contribution in [2.24, 2.45) is 11.8 Å². The zero-order valence-corrected chi connectivity index (χ0v) is 18.0. The normalized spacial score (nSPS) is 26.5. The molecule has 31 heavy (non-hydrogen) atoms. The number of carbonyl (C=O) groups is 1. The van der Waals surface area contributed by atoms with Crippen molar-refractivity contribution in [1.82, 2.24) is 14.8 Å². The van der Waals surface area contributed by atoms with Crippen molar-refractivity contribution in [3.8, 4) is 6.07 Å². The third-order valence-corrected chi connectivity index (χ3v) is 6.73. The minimum absolute atomic E-state index is 0.0881. The van der Waals surface area contributed by atoms with Gasteiger partial charge in [-0.1, -0.05) is 19.1 Å². The minimum atomic E-state index is -2.83. The second kappa shape index (κ2) is 8.51. The summed E-state index contributed by atoms with van der Waals surface area (Å²) in [5, 5.41) is 10.3. The Bertz CT molecular complexity index is 1020. The number of carbonyl (C=O) groups excluding carboxylic acids is 1. The van der Waals surface area contributed by atoms with E-state index in [9.17, 15) is 18.8 Å². The van der Waals surface area contributed by atoms with Crippen LogP contribution in [0.5, 0.6) is 0 Å². The van der Waals surface area contributed by atoms with Crippen LogP contribution in [-0.4, -0.2) is 59.8 Å². The van der Waals surface area contributed by atoms with Gasteiger partial charge in [-0.3, -0.25) is 9.78 Å². The van der Waals surface area contributed by atoms with E-state index < -0.39 is 11.8 Å². The molecule has 2 aromatic rings. The molecule has 0 spiro atoms. The zero-order valence-electron chi connectivity index (χ0n) is 18.0. The SMILES string of the molecule is C[C@@H]1C[C@H](c2ccc(C#N)c3ncccc23)CN(C(=O)C[C@@H]2CCN(C)CC2(F)F)C1. The summed E-state index contributed by atoms with van der Waals surface area (Å²) < 4.78 is 28.9. The summed E-state index contributed by atoms with van der Waals surface area (Å²) in [5.74, 6) is -3.56. The van der Waals surface area contributed by atoms with E-state index in [1.807, 2.05) is 18.2 Å². The Morgan fingerprint density at radius 1 is 1.32 bits per heavy atom. The lowest BCUT2D eigenvalue weighted by Gasteiger charge is -2.40. The number of fused-ring (bicyclic) bond motifs is 1. The Labute approximate surface area is 181 Å². The zero-order chi connectivity index (χ0) is 22.2. The number of hydrogen-bond donors (Lipinski definition) is 0. The van der Waals surface area contributed by atoms with Gasteiger partial charge in [-0.2, -0.15) is 5.26 Å². The fourth-order valence-corrected chi connectivity index (χ4v) is 5.17. The average molecular weight is 427 g/mol. The molecule has 1 aromatic carbocycles. The van der Waals surface area contributed by atoms with E-state index in [2.05, 4.69) is 18.0 Å². The van der Waals surface area contributed by atoms with Crippen LogP contribution >= 0.6 is 0 Å². The maximum Gasteiger partial charge on any atom is 0.263 e. The van der Waals surface area contributed by atoms with E-state index in [1.54, 1.807) is 29.1 Å². The quantitative estimate of drug-likeness (QED) is 0.743. The molecule has 2 saturated heterocycles. The number of benzene rings is 1. The molecular weight excluding hydrogens is 398 g/mol. The number of hydrogen-bond acceptors (Lipinski definition) is 4. The first kappa shape index (κ1) is 21.6. The van der Waals surface area contributed by atoms with Gasteiger partial charge in [-0.05, 0) is 50.0 Å². The van der Waals surface area contributed by atoms with E-state index in [0.29, 0.717) is 37.1 Å². The molecule has 0 N–H and O–H groups in total. The standard InChI is InChI=1S/C24H28F2N4O/c1-16-10-18(20-6-5-17(12-27)23-21(20)4-3-8-28-23)14-30(13-16)22(31)11-19-7-9-29(2)15-24(19,25)26/h3-6,8,16,18-19H,7,9-11,13-15H2,1-2H3/t16-,18+,19+/m1/s1. The summed E-state index contributed by atoms with van der Waals surface area (Å²) >= 11 is 0. The van der Waals surface area contributed by atoms with Gasteiger partial charge in [0.1, 0.15) is 6.07 Å². The summed E-state index contributed by atoms with van der Waals surface area (Å²) in [6.45, 7) is 3.52. The van der Waals surface area contributed by atoms with Crippen LogP contribution in [0.25, 0.3) is 10.9 Å². The number of nitrogens with zero attached hydrogens (tertiary/aromatic N) is 4. The molecule has 2 aliphatic rings. The van der Waals surface area contributed by atoms with Crippen molar-refractivity contribution in [2.75, 3.05) is 33.2 Å². The monoisotopic (exact) mass is 426 g/mol. The van der Waals surface area contributed by atoms with Crippen molar-refractivity contribution < 1.29 is 13.6 Å². The van der Waals surface area contributed by atoms with Crippen LogP contribution in [0.15, 0.2) is 30.5 Å². The summed E-state index contributed by atoms with van der Waals surface area (Å²) in [4.78, 5) is 20.8. The molecule has 164 valence electrons. The minimum Gasteiger partial charge on any atom is -0.342 e. The molecule has 1 amide bonds. The Balaban J connectivity index is 1.55. The van der Waals surface area contributed by atoms with Crippen LogP contribution in [0, 0.1) is 23.2 Å². The number of pyridine rings is 1. The number of amides is 1. The molecule has 0 unspecified atom stereocenters. The molecule has 3 atom stereocenters. The van der Waals surface area contributed by atoms with Crippen LogP contribution in [0.2, 0.25) is 0 Å². The van der Waals surface area contributed by atoms with Crippen molar-refractivity contribution in [3.05, 3.63) is 41.6 Å².